The highest BCUT2D eigenvalue weighted by molar-refractivity contribution is 6.11. The van der Waals surface area contributed by atoms with E-state index in [1.807, 2.05) is 74.5 Å². The van der Waals surface area contributed by atoms with Crippen molar-refractivity contribution in [2.75, 3.05) is 0 Å². The van der Waals surface area contributed by atoms with E-state index in [9.17, 15) is 22.0 Å². The minimum Gasteiger partial charge on any atom is -0.204 e. The van der Waals surface area contributed by atoms with Crippen LogP contribution in [-0.2, 0) is 0 Å². The molecule has 0 atom stereocenters. The quantitative estimate of drug-likeness (QED) is 0.155. The monoisotopic (exact) mass is 538 g/mol. The molecule has 0 saturated heterocycles. The Morgan fingerprint density at radius 3 is 1.30 bits per heavy atom. The molecule has 0 aliphatic rings. The van der Waals surface area contributed by atoms with E-state index in [4.69, 9.17) is 0 Å². The van der Waals surface area contributed by atoms with Gasteiger partial charge in [0.1, 0.15) is 0 Å². The third-order valence-electron chi connectivity index (χ3n) is 7.68. The van der Waals surface area contributed by atoms with E-state index in [1.165, 1.54) is 13.0 Å². The van der Waals surface area contributed by atoms with Gasteiger partial charge in [0.2, 0.25) is 0 Å². The molecule has 0 amide bonds. The molecule has 0 spiro atoms. The molecule has 198 valence electrons. The van der Waals surface area contributed by atoms with Gasteiger partial charge in [-0.3, -0.25) is 0 Å². The second kappa shape index (κ2) is 9.60. The van der Waals surface area contributed by atoms with Gasteiger partial charge in [0.05, 0.1) is 0 Å². The Kier molecular flexibility index (Phi) is 6.18. The van der Waals surface area contributed by atoms with Gasteiger partial charge in [-0.1, -0.05) is 48.5 Å². The number of hydrogen-bond donors (Lipinski definition) is 0. The summed E-state index contributed by atoms with van der Waals surface area (Å²) in [6.07, 6.45) is 0. The SMILES string of the molecule is Cc1cc(-c2cc3ccccc3c(-c3c(C)c(-c4cc(F)c(F)c(F)c4)cc4ccccc34)c2C)cc(F)c1F. The highest BCUT2D eigenvalue weighted by Crippen LogP contribution is 2.45. The summed E-state index contributed by atoms with van der Waals surface area (Å²) in [6.45, 7) is 5.34. The maximum atomic E-state index is 14.5. The van der Waals surface area contributed by atoms with E-state index in [0.29, 0.717) is 11.1 Å². The first-order chi connectivity index (χ1) is 19.2. The number of halogens is 5. The number of aryl methyl sites for hydroxylation is 1. The lowest BCUT2D eigenvalue weighted by Crippen LogP contribution is -1.99. The van der Waals surface area contributed by atoms with Crippen molar-refractivity contribution in [1.29, 1.82) is 0 Å². The molecule has 0 unspecified atom stereocenters. The van der Waals surface area contributed by atoms with Crippen molar-refractivity contribution in [3.05, 3.63) is 131 Å². The van der Waals surface area contributed by atoms with Gasteiger partial charge in [-0.25, -0.2) is 22.0 Å². The molecule has 6 aromatic rings. The molecule has 0 aliphatic carbocycles. The predicted octanol–water partition coefficient (Wildman–Crippen LogP) is 10.6. The molecular weight excluding hydrogens is 515 g/mol. The maximum Gasteiger partial charge on any atom is 0.194 e. The third-order valence-corrected chi connectivity index (χ3v) is 7.68. The van der Waals surface area contributed by atoms with Gasteiger partial charge in [-0.2, -0.15) is 0 Å². The largest absolute Gasteiger partial charge is 0.204 e. The van der Waals surface area contributed by atoms with E-state index in [-0.39, 0.29) is 11.1 Å². The molecule has 0 bridgehead atoms. The van der Waals surface area contributed by atoms with Crippen molar-refractivity contribution in [1.82, 2.24) is 0 Å². The first-order valence-corrected chi connectivity index (χ1v) is 12.8. The lowest BCUT2D eigenvalue weighted by atomic mass is 9.82. The number of hydrogen-bond acceptors (Lipinski definition) is 0. The first-order valence-electron chi connectivity index (χ1n) is 12.8. The molecule has 0 N–H and O–H groups in total. The molecule has 0 nitrogen and oxygen atoms in total. The second-order valence-electron chi connectivity index (χ2n) is 10.1. The summed E-state index contributed by atoms with van der Waals surface area (Å²) in [5, 5.41) is 3.58. The molecule has 5 heteroatoms. The average Bonchev–Trinajstić information content (AvgIpc) is 2.94. The van der Waals surface area contributed by atoms with Crippen molar-refractivity contribution in [2.45, 2.75) is 20.8 Å². The van der Waals surface area contributed by atoms with Gasteiger partial charge in [-0.05, 0) is 129 Å². The lowest BCUT2D eigenvalue weighted by Gasteiger charge is -2.22. The highest BCUT2D eigenvalue weighted by atomic mass is 19.2. The van der Waals surface area contributed by atoms with E-state index >= 15 is 0 Å². The van der Waals surface area contributed by atoms with Crippen LogP contribution in [-0.4, -0.2) is 0 Å². The van der Waals surface area contributed by atoms with Crippen LogP contribution in [0.25, 0.3) is 54.9 Å². The Morgan fingerprint density at radius 2 is 0.850 bits per heavy atom. The van der Waals surface area contributed by atoms with Crippen LogP contribution in [0.1, 0.15) is 16.7 Å². The van der Waals surface area contributed by atoms with Crippen molar-refractivity contribution in [2.24, 2.45) is 0 Å². The topological polar surface area (TPSA) is 0 Å². The molecule has 0 aliphatic heterocycles. The van der Waals surface area contributed by atoms with Crippen LogP contribution >= 0.6 is 0 Å². The number of fused-ring (bicyclic) bond motifs is 2. The Morgan fingerprint density at radius 1 is 0.450 bits per heavy atom. The first kappa shape index (κ1) is 25.8. The van der Waals surface area contributed by atoms with Crippen molar-refractivity contribution >= 4 is 21.5 Å². The molecule has 0 fully saturated rings. The fraction of sp³-hybridized carbons (Fsp3) is 0.0857. The average molecular weight is 539 g/mol. The van der Waals surface area contributed by atoms with Crippen LogP contribution in [0.3, 0.4) is 0 Å². The van der Waals surface area contributed by atoms with Crippen molar-refractivity contribution in [3.8, 4) is 33.4 Å². The van der Waals surface area contributed by atoms with Crippen LogP contribution < -0.4 is 0 Å². The Bertz CT molecular complexity index is 1800. The van der Waals surface area contributed by atoms with Crippen LogP contribution in [0, 0.1) is 49.9 Å². The summed E-state index contributed by atoms with van der Waals surface area (Å²) in [5.74, 6) is -5.84. The summed E-state index contributed by atoms with van der Waals surface area (Å²) in [4.78, 5) is 0. The van der Waals surface area contributed by atoms with E-state index in [2.05, 4.69) is 0 Å². The van der Waals surface area contributed by atoms with Crippen LogP contribution in [0.4, 0.5) is 22.0 Å². The number of benzene rings is 6. The van der Waals surface area contributed by atoms with Gasteiger partial charge in [0.15, 0.2) is 29.1 Å². The molecule has 6 aromatic carbocycles. The van der Waals surface area contributed by atoms with Gasteiger partial charge in [0, 0.05) is 0 Å². The fourth-order valence-electron chi connectivity index (χ4n) is 5.74. The van der Waals surface area contributed by atoms with Crippen molar-refractivity contribution in [3.63, 3.8) is 0 Å². The molecule has 40 heavy (non-hydrogen) atoms. The summed E-state index contributed by atoms with van der Waals surface area (Å²) in [7, 11) is 0. The minimum absolute atomic E-state index is 0.202. The fourth-order valence-corrected chi connectivity index (χ4v) is 5.74. The second-order valence-corrected chi connectivity index (χ2v) is 10.1. The zero-order chi connectivity index (χ0) is 28.3. The molecule has 0 radical (unpaired) electrons. The maximum absolute atomic E-state index is 14.5. The van der Waals surface area contributed by atoms with E-state index in [1.54, 1.807) is 6.07 Å². The van der Waals surface area contributed by atoms with Crippen LogP contribution in [0.5, 0.6) is 0 Å². The third kappa shape index (κ3) is 4.04. The Labute approximate surface area is 228 Å². The van der Waals surface area contributed by atoms with Gasteiger partial charge in [0.25, 0.3) is 0 Å². The van der Waals surface area contributed by atoms with Crippen LogP contribution in [0.2, 0.25) is 0 Å². The standard InChI is InChI=1S/C35H23F5/c1-18-12-23(15-29(36)34(18)39)27-13-21-8-4-6-10-25(21)32(19(27)2)33-20(3)28(14-22-9-5-7-11-26(22)33)24-16-30(37)35(40)31(38)17-24/h4-17H,1-3H3. The lowest BCUT2D eigenvalue weighted by molar-refractivity contribution is 0.447. The Balaban J connectivity index is 1.76. The summed E-state index contributed by atoms with van der Waals surface area (Å²) in [5.41, 5.74) is 5.56. The zero-order valence-electron chi connectivity index (χ0n) is 22.0. The van der Waals surface area contributed by atoms with Gasteiger partial charge in [-0.15, -0.1) is 0 Å². The molecule has 0 aromatic heterocycles. The Hall–Kier alpha value is -4.51. The zero-order valence-corrected chi connectivity index (χ0v) is 22.0. The van der Waals surface area contributed by atoms with E-state index < -0.39 is 29.1 Å². The molecule has 0 heterocycles. The van der Waals surface area contributed by atoms with Crippen LogP contribution in [0.15, 0.2) is 84.9 Å². The predicted molar refractivity (Wildman–Crippen MR) is 152 cm³/mol. The minimum atomic E-state index is -1.52. The molecular formula is C35H23F5. The van der Waals surface area contributed by atoms with Crippen molar-refractivity contribution < 1.29 is 22.0 Å². The normalized spacial score (nSPS) is 11.5. The molecule has 0 saturated carbocycles. The van der Waals surface area contributed by atoms with Gasteiger partial charge >= 0.3 is 0 Å². The summed E-state index contributed by atoms with van der Waals surface area (Å²) >= 11 is 0. The number of rotatable bonds is 3. The molecule has 6 rings (SSSR count). The smallest absolute Gasteiger partial charge is 0.194 e. The summed E-state index contributed by atoms with van der Waals surface area (Å²) in [6, 6.07) is 24.1. The summed E-state index contributed by atoms with van der Waals surface area (Å²) < 4.78 is 71.2. The van der Waals surface area contributed by atoms with Gasteiger partial charge < -0.3 is 0 Å². The highest BCUT2D eigenvalue weighted by Gasteiger charge is 2.22. The van der Waals surface area contributed by atoms with E-state index in [0.717, 1.165) is 61.5 Å².